The summed E-state index contributed by atoms with van der Waals surface area (Å²) in [6.07, 6.45) is 4.88. The van der Waals surface area contributed by atoms with Crippen molar-refractivity contribution >= 4 is 16.5 Å². The molecule has 0 aliphatic rings. The Kier molecular flexibility index (Phi) is 4.25. The fourth-order valence-electron chi connectivity index (χ4n) is 2.13. The molecule has 1 N–H and O–H groups in total. The molecule has 0 aliphatic carbocycles. The highest BCUT2D eigenvalue weighted by atomic mass is 32.1. The second-order valence-electron chi connectivity index (χ2n) is 4.72. The smallest absolute Gasteiger partial charge is 0.140 e. The molecule has 2 aromatic heterocycles. The lowest BCUT2D eigenvalue weighted by Crippen LogP contribution is -2.06. The van der Waals surface area contributed by atoms with E-state index in [4.69, 9.17) is 0 Å². The summed E-state index contributed by atoms with van der Waals surface area (Å²) in [6, 6.07) is 10.2. The van der Waals surface area contributed by atoms with Gasteiger partial charge in [0.05, 0.1) is 6.54 Å². The number of hydrogen-bond donors (Lipinski definition) is 1. The Hall–Kier alpha value is -2.21. The molecule has 0 amide bonds. The summed E-state index contributed by atoms with van der Waals surface area (Å²) in [5.41, 5.74) is 2.07. The van der Waals surface area contributed by atoms with Crippen molar-refractivity contribution < 1.29 is 0 Å². The van der Waals surface area contributed by atoms with E-state index in [9.17, 15) is 0 Å². The molecule has 2 heterocycles. The van der Waals surface area contributed by atoms with Crippen LogP contribution in [0.25, 0.3) is 11.4 Å². The van der Waals surface area contributed by atoms with Crippen LogP contribution in [0.15, 0.2) is 42.7 Å². The molecule has 1 aromatic carbocycles. The molecule has 0 radical (unpaired) electrons. The van der Waals surface area contributed by atoms with Gasteiger partial charge in [0.2, 0.25) is 0 Å². The summed E-state index contributed by atoms with van der Waals surface area (Å²) in [6.45, 7) is 3.75. The lowest BCUT2D eigenvalue weighted by molar-refractivity contribution is 0.776. The molecule has 3 aromatic rings. The molecular weight excluding hydrogens is 282 g/mol. The van der Waals surface area contributed by atoms with Crippen molar-refractivity contribution in [3.63, 3.8) is 0 Å². The van der Waals surface area contributed by atoms with E-state index in [1.807, 2.05) is 30.6 Å². The van der Waals surface area contributed by atoms with Gasteiger partial charge >= 0.3 is 0 Å². The quantitative estimate of drug-likeness (QED) is 0.759. The Morgan fingerprint density at radius 2 is 2.10 bits per heavy atom. The second-order valence-corrected chi connectivity index (χ2v) is 5.47. The molecule has 0 aliphatic heterocycles. The van der Waals surface area contributed by atoms with Gasteiger partial charge in [0.1, 0.15) is 16.5 Å². The highest BCUT2D eigenvalue weighted by Crippen LogP contribution is 2.22. The van der Waals surface area contributed by atoms with E-state index in [0.717, 1.165) is 35.0 Å². The van der Waals surface area contributed by atoms with Crippen LogP contribution in [0.2, 0.25) is 0 Å². The summed E-state index contributed by atoms with van der Waals surface area (Å²) >= 11 is 1.41. The predicted molar refractivity (Wildman–Crippen MR) is 85.5 cm³/mol. The number of benzene rings is 1. The van der Waals surface area contributed by atoms with Crippen molar-refractivity contribution in [2.45, 2.75) is 19.9 Å². The standard InChI is InChI=1S/C15H17N5S/c1-2-8-17-15-13(18-19-21-15)11-20-10-9-16-14(20)12-6-4-3-5-7-12/h3-7,9-10,17H,2,8,11H2,1H3. The number of nitrogens with one attached hydrogen (secondary N) is 1. The van der Waals surface area contributed by atoms with Crippen LogP contribution in [0.1, 0.15) is 19.0 Å². The van der Waals surface area contributed by atoms with E-state index in [2.05, 4.69) is 43.5 Å². The lowest BCUT2D eigenvalue weighted by atomic mass is 10.2. The van der Waals surface area contributed by atoms with Crippen molar-refractivity contribution in [3.8, 4) is 11.4 Å². The van der Waals surface area contributed by atoms with Gasteiger partial charge in [-0.25, -0.2) is 4.98 Å². The van der Waals surface area contributed by atoms with Gasteiger partial charge in [-0.15, -0.1) is 5.10 Å². The van der Waals surface area contributed by atoms with Gasteiger partial charge < -0.3 is 9.88 Å². The lowest BCUT2D eigenvalue weighted by Gasteiger charge is -2.08. The number of anilines is 1. The molecule has 5 nitrogen and oxygen atoms in total. The molecule has 0 bridgehead atoms. The van der Waals surface area contributed by atoms with Gasteiger partial charge in [0.15, 0.2) is 0 Å². The van der Waals surface area contributed by atoms with E-state index in [0.29, 0.717) is 6.54 Å². The van der Waals surface area contributed by atoms with Crippen molar-refractivity contribution in [1.29, 1.82) is 0 Å². The zero-order valence-corrected chi connectivity index (χ0v) is 12.7. The molecule has 0 spiro atoms. The van der Waals surface area contributed by atoms with Crippen molar-refractivity contribution in [3.05, 3.63) is 48.4 Å². The van der Waals surface area contributed by atoms with Crippen LogP contribution in [-0.2, 0) is 6.54 Å². The molecule has 108 valence electrons. The van der Waals surface area contributed by atoms with Crippen LogP contribution < -0.4 is 5.32 Å². The van der Waals surface area contributed by atoms with Crippen molar-refractivity contribution in [2.75, 3.05) is 11.9 Å². The minimum Gasteiger partial charge on any atom is -0.374 e. The highest BCUT2D eigenvalue weighted by molar-refractivity contribution is 7.10. The summed E-state index contributed by atoms with van der Waals surface area (Å²) in [5, 5.41) is 8.66. The summed E-state index contributed by atoms with van der Waals surface area (Å²) < 4.78 is 6.15. The average Bonchev–Trinajstić information content (AvgIpc) is 3.16. The fourth-order valence-corrected chi connectivity index (χ4v) is 2.73. The third-order valence-electron chi connectivity index (χ3n) is 3.16. The second kappa shape index (κ2) is 6.49. The SMILES string of the molecule is CCCNc1snnc1Cn1ccnc1-c1ccccc1. The number of hydrogen-bond acceptors (Lipinski definition) is 5. The number of aromatic nitrogens is 4. The van der Waals surface area contributed by atoms with Gasteiger partial charge in [-0.2, -0.15) is 0 Å². The van der Waals surface area contributed by atoms with E-state index in [1.54, 1.807) is 0 Å². The molecule has 0 saturated heterocycles. The molecule has 0 fully saturated rings. The third-order valence-corrected chi connectivity index (χ3v) is 3.88. The van der Waals surface area contributed by atoms with Gasteiger partial charge in [0.25, 0.3) is 0 Å². The largest absolute Gasteiger partial charge is 0.374 e. The molecular formula is C15H17N5S. The zero-order chi connectivity index (χ0) is 14.5. The first-order valence-electron chi connectivity index (χ1n) is 7.00. The van der Waals surface area contributed by atoms with E-state index >= 15 is 0 Å². The van der Waals surface area contributed by atoms with Crippen molar-refractivity contribution in [2.24, 2.45) is 0 Å². The average molecular weight is 299 g/mol. The van der Waals surface area contributed by atoms with E-state index < -0.39 is 0 Å². The minimum atomic E-state index is 0.673. The van der Waals surface area contributed by atoms with Gasteiger partial charge in [0, 0.05) is 36.0 Å². The zero-order valence-electron chi connectivity index (χ0n) is 11.9. The van der Waals surface area contributed by atoms with Gasteiger partial charge in [-0.05, 0) is 6.42 Å². The van der Waals surface area contributed by atoms with Crippen LogP contribution in [0, 0.1) is 0 Å². The molecule has 0 unspecified atom stereocenters. The van der Waals surface area contributed by atoms with E-state index in [-0.39, 0.29) is 0 Å². The maximum atomic E-state index is 4.46. The van der Waals surface area contributed by atoms with Gasteiger partial charge in [-0.1, -0.05) is 41.7 Å². The topological polar surface area (TPSA) is 55.6 Å². The fraction of sp³-hybridized carbons (Fsp3) is 0.267. The predicted octanol–water partition coefficient (Wildman–Crippen LogP) is 3.27. The Balaban J connectivity index is 1.84. The first kappa shape index (κ1) is 13.8. The Morgan fingerprint density at radius 3 is 2.90 bits per heavy atom. The first-order valence-corrected chi connectivity index (χ1v) is 7.77. The molecule has 0 saturated carbocycles. The van der Waals surface area contributed by atoms with Crippen LogP contribution in [0.5, 0.6) is 0 Å². The first-order chi connectivity index (χ1) is 10.4. The Morgan fingerprint density at radius 1 is 1.24 bits per heavy atom. The maximum Gasteiger partial charge on any atom is 0.140 e. The summed E-state index contributed by atoms with van der Waals surface area (Å²) in [7, 11) is 0. The van der Waals surface area contributed by atoms with E-state index in [1.165, 1.54) is 11.5 Å². The number of rotatable bonds is 6. The van der Waals surface area contributed by atoms with Crippen LogP contribution in [0.3, 0.4) is 0 Å². The maximum absolute atomic E-state index is 4.46. The highest BCUT2D eigenvalue weighted by Gasteiger charge is 2.11. The molecule has 3 rings (SSSR count). The Bertz CT molecular complexity index is 689. The Labute approximate surface area is 127 Å². The van der Waals surface area contributed by atoms with Crippen LogP contribution in [-0.4, -0.2) is 25.7 Å². The third kappa shape index (κ3) is 3.11. The van der Waals surface area contributed by atoms with Crippen LogP contribution >= 0.6 is 11.5 Å². The number of imidazole rings is 1. The molecule has 0 atom stereocenters. The van der Waals surface area contributed by atoms with Crippen molar-refractivity contribution in [1.82, 2.24) is 19.1 Å². The minimum absolute atomic E-state index is 0.673. The molecule has 6 heteroatoms. The summed E-state index contributed by atoms with van der Waals surface area (Å²) in [4.78, 5) is 4.46. The van der Waals surface area contributed by atoms with Gasteiger partial charge in [-0.3, -0.25) is 0 Å². The van der Waals surface area contributed by atoms with Crippen LogP contribution in [0.4, 0.5) is 5.00 Å². The normalized spacial score (nSPS) is 10.7. The number of nitrogens with zero attached hydrogens (tertiary/aromatic N) is 4. The monoisotopic (exact) mass is 299 g/mol. The molecule has 21 heavy (non-hydrogen) atoms. The summed E-state index contributed by atoms with van der Waals surface area (Å²) in [5.74, 6) is 0.949.